The van der Waals surface area contributed by atoms with Crippen molar-refractivity contribution in [2.24, 2.45) is 21.7 Å². The van der Waals surface area contributed by atoms with Crippen LogP contribution in [0.25, 0.3) is 11.3 Å². The number of benzene rings is 3. The molecule has 0 bridgehead atoms. The standard InChI is InChI=1S/C38H46N2/c1-26(2)30-17-19-31(20-18-30)34-21-23-38(8)25-40(24-22-36(38)37(34,6)7)29(5)33-15-11-10-14-32(33)28(4)39-35-16-12-9-13-27(35)3/h9-20,34,36H,1,5,21-25H2,2-4,6-8H3/t34-,36?,38-/m1/s1. The van der Waals surface area contributed by atoms with Crippen molar-refractivity contribution < 1.29 is 0 Å². The van der Waals surface area contributed by atoms with Gasteiger partial charge in [0.1, 0.15) is 0 Å². The van der Waals surface area contributed by atoms with Gasteiger partial charge in [-0.05, 0) is 85.5 Å². The largest absolute Gasteiger partial charge is 0.371 e. The molecule has 40 heavy (non-hydrogen) atoms. The molecule has 0 spiro atoms. The van der Waals surface area contributed by atoms with Crippen molar-refractivity contribution in [3.8, 4) is 0 Å². The number of likely N-dealkylation sites (tertiary alicyclic amines) is 1. The zero-order valence-corrected chi connectivity index (χ0v) is 25.4. The van der Waals surface area contributed by atoms with Crippen molar-refractivity contribution in [2.75, 3.05) is 13.1 Å². The third-order valence-corrected chi connectivity index (χ3v) is 10.1. The summed E-state index contributed by atoms with van der Waals surface area (Å²) in [6, 6.07) is 26.2. The SMILES string of the molecule is C=C(C)c1ccc([C@H]2CC[C@]3(C)CN(C(=C)c4ccccc4C(C)=Nc4ccccc4C)CCC3C2(C)C)cc1. The van der Waals surface area contributed by atoms with Crippen molar-refractivity contribution in [3.05, 3.63) is 114 Å². The molecule has 1 aliphatic heterocycles. The highest BCUT2D eigenvalue weighted by Gasteiger charge is 2.53. The van der Waals surface area contributed by atoms with Crippen LogP contribution in [-0.2, 0) is 0 Å². The Hall–Kier alpha value is -3.39. The second-order valence-electron chi connectivity index (χ2n) is 13.2. The van der Waals surface area contributed by atoms with Gasteiger partial charge in [0.25, 0.3) is 0 Å². The summed E-state index contributed by atoms with van der Waals surface area (Å²) < 4.78 is 0. The smallest absolute Gasteiger partial charge is 0.0662 e. The highest BCUT2D eigenvalue weighted by molar-refractivity contribution is 6.04. The molecule has 0 N–H and O–H groups in total. The molecule has 1 unspecified atom stereocenters. The van der Waals surface area contributed by atoms with E-state index in [1.54, 1.807) is 0 Å². The van der Waals surface area contributed by atoms with Crippen LogP contribution in [0.1, 0.15) is 87.6 Å². The Bertz CT molecular complexity index is 1440. The lowest BCUT2D eigenvalue weighted by molar-refractivity contribution is -0.0616. The van der Waals surface area contributed by atoms with Crippen molar-refractivity contribution in [2.45, 2.75) is 66.7 Å². The van der Waals surface area contributed by atoms with E-state index in [4.69, 9.17) is 4.99 Å². The minimum Gasteiger partial charge on any atom is -0.371 e. The second kappa shape index (κ2) is 10.9. The third kappa shape index (κ3) is 5.21. The summed E-state index contributed by atoms with van der Waals surface area (Å²) in [5.74, 6) is 1.25. The molecule has 2 heteroatoms. The average molecular weight is 531 g/mol. The number of para-hydroxylation sites is 1. The fourth-order valence-electron chi connectivity index (χ4n) is 7.85. The highest BCUT2D eigenvalue weighted by atomic mass is 15.2. The molecule has 2 aliphatic rings. The second-order valence-corrected chi connectivity index (χ2v) is 13.2. The molecule has 1 heterocycles. The topological polar surface area (TPSA) is 15.6 Å². The number of hydrogen-bond acceptors (Lipinski definition) is 2. The van der Waals surface area contributed by atoms with Crippen LogP contribution in [0.15, 0.2) is 90.9 Å². The Labute approximate surface area is 242 Å². The van der Waals surface area contributed by atoms with Crippen molar-refractivity contribution in [1.82, 2.24) is 4.90 Å². The predicted octanol–water partition coefficient (Wildman–Crippen LogP) is 10.1. The van der Waals surface area contributed by atoms with Gasteiger partial charge in [0, 0.05) is 35.6 Å². The molecule has 1 saturated heterocycles. The van der Waals surface area contributed by atoms with E-state index in [1.165, 1.54) is 47.1 Å². The molecule has 5 rings (SSSR count). The Morgan fingerprint density at radius 3 is 2.17 bits per heavy atom. The lowest BCUT2D eigenvalue weighted by Gasteiger charge is -2.59. The number of nitrogens with zero attached hydrogens (tertiary/aromatic N) is 2. The monoisotopic (exact) mass is 530 g/mol. The molecule has 208 valence electrons. The summed E-state index contributed by atoms with van der Waals surface area (Å²) >= 11 is 0. The summed E-state index contributed by atoms with van der Waals surface area (Å²) in [6.07, 6.45) is 3.67. The van der Waals surface area contributed by atoms with Crippen LogP contribution in [0.4, 0.5) is 5.69 Å². The Kier molecular flexibility index (Phi) is 7.66. The summed E-state index contributed by atoms with van der Waals surface area (Å²) in [6.45, 7) is 24.8. The first-order chi connectivity index (χ1) is 19.0. The number of aliphatic imine (C=N–C) groups is 1. The van der Waals surface area contributed by atoms with E-state index in [1.807, 2.05) is 0 Å². The van der Waals surface area contributed by atoms with E-state index in [0.717, 1.165) is 35.8 Å². The first-order valence-corrected chi connectivity index (χ1v) is 14.9. The molecule has 1 saturated carbocycles. The van der Waals surface area contributed by atoms with Gasteiger partial charge < -0.3 is 4.90 Å². The van der Waals surface area contributed by atoms with Crippen LogP contribution in [0.5, 0.6) is 0 Å². The molecule has 1 aliphatic carbocycles. The summed E-state index contributed by atoms with van der Waals surface area (Å²) in [4.78, 5) is 7.58. The van der Waals surface area contributed by atoms with Crippen LogP contribution < -0.4 is 0 Å². The molecular weight excluding hydrogens is 484 g/mol. The van der Waals surface area contributed by atoms with Gasteiger partial charge in [0.15, 0.2) is 0 Å². The molecule has 2 nitrogen and oxygen atoms in total. The quantitative estimate of drug-likeness (QED) is 0.289. The van der Waals surface area contributed by atoms with Crippen molar-refractivity contribution in [1.29, 1.82) is 0 Å². The van der Waals surface area contributed by atoms with Crippen LogP contribution in [0.2, 0.25) is 0 Å². The van der Waals surface area contributed by atoms with Crippen LogP contribution in [0.3, 0.4) is 0 Å². The Morgan fingerprint density at radius 2 is 1.50 bits per heavy atom. The van der Waals surface area contributed by atoms with E-state index in [2.05, 4.69) is 132 Å². The Balaban J connectivity index is 1.37. The maximum absolute atomic E-state index is 5.02. The maximum Gasteiger partial charge on any atom is 0.0662 e. The van der Waals surface area contributed by atoms with Gasteiger partial charge in [-0.25, -0.2) is 0 Å². The van der Waals surface area contributed by atoms with E-state index in [0.29, 0.717) is 11.8 Å². The first kappa shape index (κ1) is 28.1. The van der Waals surface area contributed by atoms with E-state index in [9.17, 15) is 0 Å². The molecule has 0 radical (unpaired) electrons. The number of rotatable bonds is 6. The molecule has 3 atom stereocenters. The van der Waals surface area contributed by atoms with Gasteiger partial charge in [-0.2, -0.15) is 0 Å². The highest BCUT2D eigenvalue weighted by Crippen LogP contribution is 2.60. The average Bonchev–Trinajstić information content (AvgIpc) is 2.93. The molecule has 0 amide bonds. The van der Waals surface area contributed by atoms with Gasteiger partial charge in [0.2, 0.25) is 0 Å². The van der Waals surface area contributed by atoms with Crippen molar-refractivity contribution in [3.63, 3.8) is 0 Å². The lowest BCUT2D eigenvalue weighted by Crippen LogP contribution is -2.55. The Morgan fingerprint density at radius 1 is 0.850 bits per heavy atom. The summed E-state index contributed by atoms with van der Waals surface area (Å²) in [7, 11) is 0. The van der Waals surface area contributed by atoms with Crippen LogP contribution in [0, 0.1) is 23.7 Å². The zero-order valence-electron chi connectivity index (χ0n) is 25.4. The third-order valence-electron chi connectivity index (χ3n) is 10.1. The fourth-order valence-corrected chi connectivity index (χ4v) is 7.85. The van der Waals surface area contributed by atoms with E-state index < -0.39 is 0 Å². The van der Waals surface area contributed by atoms with Gasteiger partial charge in [-0.15, -0.1) is 0 Å². The zero-order chi connectivity index (χ0) is 28.7. The van der Waals surface area contributed by atoms with Crippen LogP contribution >= 0.6 is 0 Å². The van der Waals surface area contributed by atoms with Crippen molar-refractivity contribution >= 4 is 22.7 Å². The van der Waals surface area contributed by atoms with Gasteiger partial charge in [-0.1, -0.05) is 106 Å². The number of fused-ring (bicyclic) bond motifs is 1. The molecule has 3 aromatic carbocycles. The minimum atomic E-state index is 0.236. The molecular formula is C38H46N2. The van der Waals surface area contributed by atoms with E-state index >= 15 is 0 Å². The fraction of sp³-hybridized carbons (Fsp3) is 0.395. The van der Waals surface area contributed by atoms with Gasteiger partial charge >= 0.3 is 0 Å². The molecule has 2 fully saturated rings. The molecule has 0 aromatic heterocycles. The summed E-state index contributed by atoms with van der Waals surface area (Å²) in [5.41, 5.74) is 11.1. The number of piperidine rings is 1. The van der Waals surface area contributed by atoms with Gasteiger partial charge in [0.05, 0.1) is 5.69 Å². The van der Waals surface area contributed by atoms with Gasteiger partial charge in [-0.3, -0.25) is 4.99 Å². The minimum absolute atomic E-state index is 0.236. The predicted molar refractivity (Wildman–Crippen MR) is 173 cm³/mol. The lowest BCUT2D eigenvalue weighted by atomic mass is 9.49. The normalized spacial score (nSPS) is 24.4. The number of allylic oxidation sites excluding steroid dienone is 1. The number of aryl methyl sites for hydroxylation is 1. The molecule has 3 aromatic rings. The number of hydrogen-bond donors (Lipinski definition) is 0. The first-order valence-electron chi connectivity index (χ1n) is 14.9. The summed E-state index contributed by atoms with van der Waals surface area (Å²) in [5, 5.41) is 0. The maximum atomic E-state index is 5.02. The van der Waals surface area contributed by atoms with E-state index in [-0.39, 0.29) is 10.8 Å². The van der Waals surface area contributed by atoms with Crippen LogP contribution in [-0.4, -0.2) is 23.7 Å².